The molecule has 31 heavy (non-hydrogen) atoms. The summed E-state index contributed by atoms with van der Waals surface area (Å²) in [5, 5.41) is 0. The van der Waals surface area contributed by atoms with Crippen LogP contribution in [0.1, 0.15) is 44.9 Å². The molecule has 1 amide bonds. The zero-order valence-corrected chi connectivity index (χ0v) is 18.8. The van der Waals surface area contributed by atoms with Crippen LogP contribution in [0.3, 0.4) is 0 Å². The van der Waals surface area contributed by atoms with Gasteiger partial charge in [-0.3, -0.25) is 4.90 Å². The summed E-state index contributed by atoms with van der Waals surface area (Å²) in [6.07, 6.45) is 7.03. The average molecular weight is 457 g/mol. The molecule has 0 radical (unpaired) electrons. The molecule has 2 heterocycles. The van der Waals surface area contributed by atoms with Gasteiger partial charge >= 0.3 is 6.09 Å². The number of hydrogen-bond acceptors (Lipinski definition) is 7. The Balaban J connectivity index is 1.39. The van der Waals surface area contributed by atoms with E-state index in [1.165, 1.54) is 19.5 Å². The summed E-state index contributed by atoms with van der Waals surface area (Å²) in [5.74, 6) is 0.657. The Bertz CT molecular complexity index is 930. The first-order valence-corrected chi connectivity index (χ1v) is 12.5. The second kappa shape index (κ2) is 8.25. The molecule has 9 nitrogen and oxygen atoms in total. The third kappa shape index (κ3) is 4.54. The molecule has 1 aliphatic heterocycles. The van der Waals surface area contributed by atoms with Gasteiger partial charge in [0.15, 0.2) is 5.82 Å². The van der Waals surface area contributed by atoms with E-state index in [4.69, 9.17) is 9.47 Å². The Morgan fingerprint density at radius 2 is 2.06 bits per heavy atom. The maximum absolute atomic E-state index is 13.2. The lowest BCUT2D eigenvalue weighted by Crippen LogP contribution is -2.50. The molecule has 0 bridgehead atoms. The van der Waals surface area contributed by atoms with Gasteiger partial charge in [0.1, 0.15) is 5.82 Å². The smallest absolute Gasteiger partial charge is 0.410 e. The maximum Gasteiger partial charge on any atom is 0.410 e. The Morgan fingerprint density at radius 3 is 2.68 bits per heavy atom. The monoisotopic (exact) mass is 456 g/mol. The molecule has 11 heteroatoms. The van der Waals surface area contributed by atoms with Gasteiger partial charge in [-0.05, 0) is 44.9 Å². The molecule has 0 unspecified atom stereocenters. The van der Waals surface area contributed by atoms with E-state index >= 15 is 0 Å². The minimum Gasteiger partial charge on any atom is -0.453 e. The first kappa shape index (κ1) is 22.3. The summed E-state index contributed by atoms with van der Waals surface area (Å²) in [4.78, 5) is 22.3. The van der Waals surface area contributed by atoms with Crippen LogP contribution in [0.5, 0.6) is 0 Å². The standard InChI is InChI=1S/C20H29FN4O5S/c1-12-6-16(24-31(3,27)28)17(25(12)19(26)29-2)11-30-15-4-5-20(8-13(20)7-15)18-22-9-14(21)10-23-18/h9-10,12-13,15-17,24H,4-8,11H2,1-3H3/t12-,13+,15-,16+,17+,20+/m1/s1. The summed E-state index contributed by atoms with van der Waals surface area (Å²) in [6.45, 7) is 2.10. The number of fused-ring (bicyclic) bond motifs is 1. The van der Waals surface area contributed by atoms with Crippen molar-refractivity contribution < 1.29 is 27.1 Å². The fourth-order valence-electron chi connectivity index (χ4n) is 5.37. The summed E-state index contributed by atoms with van der Waals surface area (Å²) >= 11 is 0. The molecule has 1 saturated heterocycles. The number of likely N-dealkylation sites (tertiary alicyclic amines) is 1. The van der Waals surface area contributed by atoms with Crippen molar-refractivity contribution in [1.82, 2.24) is 19.6 Å². The fraction of sp³-hybridized carbons (Fsp3) is 0.750. The molecule has 0 aromatic carbocycles. The van der Waals surface area contributed by atoms with Crippen LogP contribution in [-0.2, 0) is 24.9 Å². The summed E-state index contributed by atoms with van der Waals surface area (Å²) < 4.78 is 50.5. The van der Waals surface area contributed by atoms with Crippen molar-refractivity contribution in [3.8, 4) is 0 Å². The minimum atomic E-state index is -3.43. The van der Waals surface area contributed by atoms with Gasteiger partial charge in [-0.1, -0.05) is 0 Å². The van der Waals surface area contributed by atoms with Crippen molar-refractivity contribution in [2.24, 2.45) is 5.92 Å². The Morgan fingerprint density at radius 1 is 1.35 bits per heavy atom. The van der Waals surface area contributed by atoms with E-state index in [1.54, 1.807) is 4.90 Å². The molecule has 1 aromatic heterocycles. The van der Waals surface area contributed by atoms with Crippen molar-refractivity contribution in [3.05, 3.63) is 24.0 Å². The first-order valence-electron chi connectivity index (χ1n) is 10.6. The van der Waals surface area contributed by atoms with Crippen LogP contribution in [0.15, 0.2) is 12.4 Å². The molecule has 4 rings (SSSR count). The molecular weight excluding hydrogens is 427 g/mol. The Hall–Kier alpha value is -1.85. The number of halogens is 1. The van der Waals surface area contributed by atoms with Crippen molar-refractivity contribution in [2.75, 3.05) is 20.0 Å². The highest BCUT2D eigenvalue weighted by Gasteiger charge is 2.60. The van der Waals surface area contributed by atoms with Gasteiger partial charge in [-0.25, -0.2) is 32.3 Å². The van der Waals surface area contributed by atoms with Crippen molar-refractivity contribution in [2.45, 2.75) is 68.7 Å². The highest BCUT2D eigenvalue weighted by molar-refractivity contribution is 7.88. The highest BCUT2D eigenvalue weighted by atomic mass is 32.2. The molecular formula is C20H29FN4O5S. The SMILES string of the molecule is COC(=O)N1[C@H](C)C[C@H](NS(C)(=O)=O)[C@@H]1CO[C@@H]1CC[C@]2(c3ncc(F)cn3)C[C@@H]2C1. The third-order valence-electron chi connectivity index (χ3n) is 6.90. The number of methoxy groups -OCH3 is 1. The second-order valence-electron chi connectivity index (χ2n) is 9.04. The van der Waals surface area contributed by atoms with Gasteiger partial charge in [0.2, 0.25) is 10.0 Å². The zero-order valence-electron chi connectivity index (χ0n) is 18.0. The summed E-state index contributed by atoms with van der Waals surface area (Å²) in [6, 6.07) is -1.04. The van der Waals surface area contributed by atoms with E-state index in [-0.39, 0.29) is 24.2 Å². The van der Waals surface area contributed by atoms with Gasteiger partial charge < -0.3 is 9.47 Å². The topological polar surface area (TPSA) is 111 Å². The van der Waals surface area contributed by atoms with Crippen molar-refractivity contribution in [1.29, 1.82) is 0 Å². The molecule has 3 aliphatic rings. The van der Waals surface area contributed by atoms with Crippen molar-refractivity contribution >= 4 is 16.1 Å². The number of carbonyl (C=O) groups excluding carboxylic acids is 1. The number of amides is 1. The van der Waals surface area contributed by atoms with E-state index in [0.29, 0.717) is 18.2 Å². The van der Waals surface area contributed by atoms with Gasteiger partial charge in [-0.2, -0.15) is 0 Å². The van der Waals surface area contributed by atoms with Crippen LogP contribution in [0.4, 0.5) is 9.18 Å². The highest BCUT2D eigenvalue weighted by Crippen LogP contribution is 2.61. The van der Waals surface area contributed by atoms with Crippen LogP contribution >= 0.6 is 0 Å². The largest absolute Gasteiger partial charge is 0.453 e. The number of aromatic nitrogens is 2. The van der Waals surface area contributed by atoms with Crippen molar-refractivity contribution in [3.63, 3.8) is 0 Å². The molecule has 1 aromatic rings. The number of carbonyl (C=O) groups is 1. The number of hydrogen-bond donors (Lipinski definition) is 1. The van der Waals surface area contributed by atoms with Gasteiger partial charge in [0.05, 0.1) is 44.5 Å². The summed E-state index contributed by atoms with van der Waals surface area (Å²) in [5.41, 5.74) is -0.0755. The van der Waals surface area contributed by atoms with Crippen LogP contribution in [-0.4, -0.2) is 73.6 Å². The Kier molecular flexibility index (Phi) is 5.95. The summed E-state index contributed by atoms with van der Waals surface area (Å²) in [7, 11) is -2.12. The molecule has 6 atom stereocenters. The zero-order chi connectivity index (χ0) is 22.4. The molecule has 0 spiro atoms. The average Bonchev–Trinajstić information content (AvgIpc) is 3.36. The molecule has 172 valence electrons. The van der Waals surface area contributed by atoms with Crippen LogP contribution < -0.4 is 4.72 Å². The van der Waals surface area contributed by atoms with Gasteiger partial charge in [0, 0.05) is 17.5 Å². The normalized spacial score (nSPS) is 35.0. The quantitative estimate of drug-likeness (QED) is 0.692. The molecule has 1 N–H and O–H groups in total. The molecule has 2 saturated carbocycles. The van der Waals surface area contributed by atoms with Crippen LogP contribution in [0.2, 0.25) is 0 Å². The van der Waals surface area contributed by atoms with E-state index < -0.39 is 34.0 Å². The lowest BCUT2D eigenvalue weighted by Gasteiger charge is -2.32. The fourth-order valence-corrected chi connectivity index (χ4v) is 6.17. The van der Waals surface area contributed by atoms with E-state index in [9.17, 15) is 17.6 Å². The molecule has 2 aliphatic carbocycles. The molecule has 3 fully saturated rings. The first-order chi connectivity index (χ1) is 14.6. The second-order valence-corrected chi connectivity index (χ2v) is 10.8. The predicted molar refractivity (Wildman–Crippen MR) is 109 cm³/mol. The predicted octanol–water partition coefficient (Wildman–Crippen LogP) is 1.59. The minimum absolute atomic E-state index is 0.00959. The number of nitrogens with one attached hydrogen (secondary N) is 1. The van der Waals surface area contributed by atoms with Gasteiger partial charge in [-0.15, -0.1) is 0 Å². The number of rotatable bonds is 6. The van der Waals surface area contributed by atoms with Crippen LogP contribution in [0.25, 0.3) is 0 Å². The van der Waals surface area contributed by atoms with Crippen LogP contribution in [0, 0.1) is 11.7 Å². The van der Waals surface area contributed by atoms with E-state index in [2.05, 4.69) is 14.7 Å². The van der Waals surface area contributed by atoms with Gasteiger partial charge in [0.25, 0.3) is 0 Å². The number of sulfonamides is 1. The van der Waals surface area contributed by atoms with E-state index in [1.807, 2.05) is 6.92 Å². The third-order valence-corrected chi connectivity index (χ3v) is 7.63. The lowest BCUT2D eigenvalue weighted by atomic mass is 9.86. The number of ether oxygens (including phenoxy) is 2. The maximum atomic E-state index is 13.2. The van der Waals surface area contributed by atoms with E-state index in [0.717, 1.165) is 31.9 Å². The lowest BCUT2D eigenvalue weighted by molar-refractivity contribution is -0.0103. The Labute approximate surface area is 181 Å². The number of nitrogens with zero attached hydrogens (tertiary/aromatic N) is 3.